The molecule has 0 radical (unpaired) electrons. The maximum absolute atomic E-state index is 12.5. The van der Waals surface area contributed by atoms with Crippen molar-refractivity contribution in [3.8, 4) is 0 Å². The molecule has 3 nitrogen and oxygen atoms in total. The fourth-order valence-corrected chi connectivity index (χ4v) is 2.19. The van der Waals surface area contributed by atoms with Crippen molar-refractivity contribution in [2.45, 2.75) is 54.1 Å². The Bertz CT molecular complexity index is 463. The van der Waals surface area contributed by atoms with E-state index in [9.17, 15) is 4.79 Å². The van der Waals surface area contributed by atoms with Gasteiger partial charge in [0.1, 0.15) is 0 Å². The van der Waals surface area contributed by atoms with E-state index in [0.717, 1.165) is 17.7 Å². The average molecular weight is 290 g/mol. The van der Waals surface area contributed by atoms with Gasteiger partial charge in [0, 0.05) is 26.1 Å². The van der Waals surface area contributed by atoms with Gasteiger partial charge in [0.2, 0.25) is 5.91 Å². The Morgan fingerprint density at radius 1 is 1.24 bits per heavy atom. The minimum absolute atomic E-state index is 0.157. The van der Waals surface area contributed by atoms with Gasteiger partial charge < -0.3 is 10.6 Å². The number of rotatable bonds is 6. The summed E-state index contributed by atoms with van der Waals surface area (Å²) in [4.78, 5) is 14.5. The van der Waals surface area contributed by atoms with Crippen LogP contribution in [0, 0.1) is 11.3 Å². The Morgan fingerprint density at radius 3 is 2.29 bits per heavy atom. The zero-order valence-corrected chi connectivity index (χ0v) is 14.1. The second kappa shape index (κ2) is 7.60. The molecule has 0 spiro atoms. The van der Waals surface area contributed by atoms with Gasteiger partial charge in [-0.25, -0.2) is 0 Å². The van der Waals surface area contributed by atoms with Gasteiger partial charge in [0.15, 0.2) is 0 Å². The SMILES string of the molecule is CCN(Cc1ccccc1CN)C(=O)CC(C)C(C)(C)C. The minimum Gasteiger partial charge on any atom is -0.339 e. The maximum Gasteiger partial charge on any atom is 0.223 e. The number of carbonyl (C=O) groups excluding carboxylic acids is 1. The van der Waals surface area contributed by atoms with Crippen LogP contribution >= 0.6 is 0 Å². The Hall–Kier alpha value is -1.35. The topological polar surface area (TPSA) is 46.3 Å². The Kier molecular flexibility index (Phi) is 6.41. The smallest absolute Gasteiger partial charge is 0.223 e. The third kappa shape index (κ3) is 5.16. The van der Waals surface area contributed by atoms with Gasteiger partial charge in [-0.1, -0.05) is 52.0 Å². The molecule has 3 heteroatoms. The first-order chi connectivity index (χ1) is 9.79. The lowest BCUT2D eigenvalue weighted by molar-refractivity contribution is -0.133. The molecule has 0 saturated heterocycles. The van der Waals surface area contributed by atoms with E-state index >= 15 is 0 Å². The van der Waals surface area contributed by atoms with Crippen LogP contribution < -0.4 is 5.73 Å². The predicted octanol–water partition coefficient (Wildman–Crippen LogP) is 3.57. The maximum atomic E-state index is 12.5. The van der Waals surface area contributed by atoms with Crippen molar-refractivity contribution in [2.24, 2.45) is 17.1 Å². The molecule has 0 aliphatic heterocycles. The summed E-state index contributed by atoms with van der Waals surface area (Å²) < 4.78 is 0. The van der Waals surface area contributed by atoms with Crippen LogP contribution in [0.5, 0.6) is 0 Å². The Labute approximate surface area is 129 Å². The monoisotopic (exact) mass is 290 g/mol. The fraction of sp³-hybridized carbons (Fsp3) is 0.611. The largest absolute Gasteiger partial charge is 0.339 e. The molecule has 0 aliphatic rings. The summed E-state index contributed by atoms with van der Waals surface area (Å²) in [6.45, 7) is 12.6. The number of benzene rings is 1. The molecular weight excluding hydrogens is 260 g/mol. The summed E-state index contributed by atoms with van der Waals surface area (Å²) in [5.41, 5.74) is 8.20. The summed E-state index contributed by atoms with van der Waals surface area (Å²) in [5, 5.41) is 0. The van der Waals surface area contributed by atoms with Crippen LogP contribution in [-0.2, 0) is 17.9 Å². The highest BCUT2D eigenvalue weighted by Crippen LogP contribution is 2.28. The number of nitrogens with two attached hydrogens (primary N) is 1. The molecule has 1 rings (SSSR count). The predicted molar refractivity (Wildman–Crippen MR) is 88.7 cm³/mol. The van der Waals surface area contributed by atoms with Crippen molar-refractivity contribution in [1.82, 2.24) is 4.90 Å². The van der Waals surface area contributed by atoms with E-state index < -0.39 is 0 Å². The molecule has 2 N–H and O–H groups in total. The average Bonchev–Trinajstić information content (AvgIpc) is 2.43. The quantitative estimate of drug-likeness (QED) is 0.870. The molecule has 1 amide bonds. The van der Waals surface area contributed by atoms with E-state index in [1.165, 1.54) is 0 Å². The van der Waals surface area contributed by atoms with Gasteiger partial charge in [-0.15, -0.1) is 0 Å². The van der Waals surface area contributed by atoms with Crippen molar-refractivity contribution in [3.63, 3.8) is 0 Å². The van der Waals surface area contributed by atoms with Crippen molar-refractivity contribution < 1.29 is 4.79 Å². The molecule has 1 aromatic rings. The summed E-state index contributed by atoms with van der Waals surface area (Å²) in [6.07, 6.45) is 0.599. The van der Waals surface area contributed by atoms with Crippen LogP contribution in [0.15, 0.2) is 24.3 Å². The lowest BCUT2D eigenvalue weighted by Crippen LogP contribution is -2.34. The Morgan fingerprint density at radius 2 is 1.81 bits per heavy atom. The molecule has 1 atom stereocenters. The number of hydrogen-bond acceptors (Lipinski definition) is 2. The number of nitrogens with zero attached hydrogens (tertiary/aromatic N) is 1. The molecule has 0 aromatic heterocycles. The first-order valence-electron chi connectivity index (χ1n) is 7.84. The molecule has 0 fully saturated rings. The lowest BCUT2D eigenvalue weighted by Gasteiger charge is -2.30. The minimum atomic E-state index is 0.157. The molecule has 1 aromatic carbocycles. The second-order valence-electron chi connectivity index (χ2n) is 6.85. The summed E-state index contributed by atoms with van der Waals surface area (Å²) in [5.74, 6) is 0.593. The molecule has 1 unspecified atom stereocenters. The molecule has 21 heavy (non-hydrogen) atoms. The highest BCUT2D eigenvalue weighted by Gasteiger charge is 2.24. The highest BCUT2D eigenvalue weighted by molar-refractivity contribution is 5.76. The van der Waals surface area contributed by atoms with Crippen molar-refractivity contribution in [2.75, 3.05) is 6.54 Å². The van der Waals surface area contributed by atoms with Crippen LogP contribution in [0.4, 0.5) is 0 Å². The van der Waals surface area contributed by atoms with E-state index in [1.807, 2.05) is 30.0 Å². The van der Waals surface area contributed by atoms with Gasteiger partial charge in [-0.2, -0.15) is 0 Å². The van der Waals surface area contributed by atoms with Crippen molar-refractivity contribution in [3.05, 3.63) is 35.4 Å². The molecular formula is C18H30N2O. The molecule has 0 saturated carbocycles. The van der Waals surface area contributed by atoms with Crippen LogP contribution in [0.25, 0.3) is 0 Å². The number of hydrogen-bond donors (Lipinski definition) is 1. The van der Waals surface area contributed by atoms with E-state index in [-0.39, 0.29) is 11.3 Å². The molecule has 0 heterocycles. The zero-order valence-electron chi connectivity index (χ0n) is 14.1. The van der Waals surface area contributed by atoms with Crippen LogP contribution in [-0.4, -0.2) is 17.4 Å². The van der Waals surface area contributed by atoms with Gasteiger partial charge >= 0.3 is 0 Å². The van der Waals surface area contributed by atoms with Crippen molar-refractivity contribution >= 4 is 5.91 Å². The summed E-state index contributed by atoms with van der Waals surface area (Å²) >= 11 is 0. The van der Waals surface area contributed by atoms with Gasteiger partial charge in [-0.05, 0) is 29.4 Å². The highest BCUT2D eigenvalue weighted by atomic mass is 16.2. The van der Waals surface area contributed by atoms with Gasteiger partial charge in [-0.3, -0.25) is 4.79 Å². The van der Waals surface area contributed by atoms with E-state index in [1.54, 1.807) is 0 Å². The fourth-order valence-electron chi connectivity index (χ4n) is 2.19. The standard InChI is InChI=1S/C18H30N2O/c1-6-20(17(21)11-14(2)18(3,4)5)13-16-10-8-7-9-15(16)12-19/h7-10,14H,6,11-13,19H2,1-5H3. The van der Waals surface area contributed by atoms with Crippen molar-refractivity contribution in [1.29, 1.82) is 0 Å². The van der Waals surface area contributed by atoms with E-state index in [2.05, 4.69) is 33.8 Å². The molecule has 0 bridgehead atoms. The Balaban J connectivity index is 2.77. The van der Waals surface area contributed by atoms with Gasteiger partial charge in [0.05, 0.1) is 0 Å². The first-order valence-corrected chi connectivity index (χ1v) is 7.84. The lowest BCUT2D eigenvalue weighted by atomic mass is 9.80. The second-order valence-corrected chi connectivity index (χ2v) is 6.85. The number of carbonyl (C=O) groups is 1. The first kappa shape index (κ1) is 17.7. The zero-order chi connectivity index (χ0) is 16.0. The van der Waals surface area contributed by atoms with Gasteiger partial charge in [0.25, 0.3) is 0 Å². The summed E-state index contributed by atoms with van der Waals surface area (Å²) in [7, 11) is 0. The van der Waals surface area contributed by atoms with E-state index in [4.69, 9.17) is 5.73 Å². The third-order valence-electron chi connectivity index (χ3n) is 4.39. The third-order valence-corrected chi connectivity index (χ3v) is 4.39. The van der Waals surface area contributed by atoms with Crippen LogP contribution in [0.3, 0.4) is 0 Å². The molecule has 118 valence electrons. The number of amides is 1. The van der Waals surface area contributed by atoms with Crippen LogP contribution in [0.1, 0.15) is 52.2 Å². The normalized spacial score (nSPS) is 13.0. The van der Waals surface area contributed by atoms with Crippen LogP contribution in [0.2, 0.25) is 0 Å². The summed E-state index contributed by atoms with van der Waals surface area (Å²) in [6, 6.07) is 8.09. The van der Waals surface area contributed by atoms with E-state index in [0.29, 0.717) is 25.4 Å². The molecule has 0 aliphatic carbocycles.